The Morgan fingerprint density at radius 2 is 2.35 bits per heavy atom. The van der Waals surface area contributed by atoms with E-state index in [2.05, 4.69) is 10.1 Å². The van der Waals surface area contributed by atoms with Gasteiger partial charge in [0.25, 0.3) is 0 Å². The average molecular weight is 289 g/mol. The molecule has 0 radical (unpaired) electrons. The first-order valence-electron chi connectivity index (χ1n) is 5.99. The molecule has 6 nitrogen and oxygen atoms in total. The Morgan fingerprint density at radius 1 is 1.50 bits per heavy atom. The average Bonchev–Trinajstić information content (AvgIpc) is 3.04. The van der Waals surface area contributed by atoms with Gasteiger partial charge in [0, 0.05) is 18.0 Å². The molecule has 0 atom stereocenters. The third-order valence-corrected chi connectivity index (χ3v) is 3.79. The van der Waals surface area contributed by atoms with Crippen LogP contribution in [-0.2, 0) is 4.74 Å². The van der Waals surface area contributed by atoms with Crippen LogP contribution in [0.1, 0.15) is 16.6 Å². The van der Waals surface area contributed by atoms with E-state index in [1.165, 1.54) is 0 Å². The highest BCUT2D eigenvalue weighted by Gasteiger charge is 2.19. The molecule has 0 spiro atoms. The van der Waals surface area contributed by atoms with E-state index in [4.69, 9.17) is 4.74 Å². The highest BCUT2D eigenvalue weighted by Crippen LogP contribution is 2.32. The van der Waals surface area contributed by atoms with Crippen LogP contribution in [0.3, 0.4) is 0 Å². The summed E-state index contributed by atoms with van der Waals surface area (Å²) in [4.78, 5) is 15.8. The predicted molar refractivity (Wildman–Crippen MR) is 73.9 cm³/mol. The molecule has 7 heteroatoms. The third-order valence-electron chi connectivity index (χ3n) is 2.72. The van der Waals surface area contributed by atoms with Crippen LogP contribution in [0.4, 0.5) is 0 Å². The van der Waals surface area contributed by atoms with Gasteiger partial charge in [-0.3, -0.25) is 0 Å². The molecular formula is C13H11N3O3S. The van der Waals surface area contributed by atoms with Crippen molar-refractivity contribution in [2.45, 2.75) is 6.92 Å². The molecule has 0 unspecified atom stereocenters. The zero-order valence-electron chi connectivity index (χ0n) is 10.6. The molecule has 0 amide bonds. The zero-order valence-corrected chi connectivity index (χ0v) is 11.4. The second kappa shape index (κ2) is 4.93. The number of hydrogen-bond acceptors (Lipinski definition) is 6. The minimum absolute atomic E-state index is 0.121. The van der Waals surface area contributed by atoms with Gasteiger partial charge < -0.3 is 9.84 Å². The second-order valence-corrected chi connectivity index (χ2v) is 5.01. The van der Waals surface area contributed by atoms with E-state index in [0.717, 1.165) is 22.4 Å². The number of rotatable bonds is 3. The number of aromatic hydroxyl groups is 1. The minimum Gasteiger partial charge on any atom is -0.492 e. The topological polar surface area (TPSA) is 76.7 Å². The third kappa shape index (κ3) is 2.12. The van der Waals surface area contributed by atoms with E-state index in [1.54, 1.807) is 23.8 Å². The highest BCUT2D eigenvalue weighted by molar-refractivity contribution is 7.17. The maximum absolute atomic E-state index is 11.7. The SMILES string of the molecule is CCOC(=O)c1sc(-c2ccn3nccc3c2)nc1O. The Hall–Kier alpha value is -2.41. The molecule has 0 saturated heterocycles. The van der Waals surface area contributed by atoms with Crippen LogP contribution in [0.25, 0.3) is 16.1 Å². The smallest absolute Gasteiger partial charge is 0.353 e. The summed E-state index contributed by atoms with van der Waals surface area (Å²) in [6, 6.07) is 5.58. The van der Waals surface area contributed by atoms with Crippen LogP contribution in [0, 0.1) is 0 Å². The van der Waals surface area contributed by atoms with E-state index in [0.29, 0.717) is 5.01 Å². The Balaban J connectivity index is 2.01. The number of pyridine rings is 1. The summed E-state index contributed by atoms with van der Waals surface area (Å²) in [5.74, 6) is -0.851. The number of carbonyl (C=O) groups excluding carboxylic acids is 1. The van der Waals surface area contributed by atoms with Gasteiger partial charge in [-0.1, -0.05) is 0 Å². The normalized spacial score (nSPS) is 10.8. The number of carbonyl (C=O) groups is 1. The summed E-state index contributed by atoms with van der Waals surface area (Å²) in [5.41, 5.74) is 1.73. The van der Waals surface area contributed by atoms with Gasteiger partial charge in [-0.05, 0) is 25.1 Å². The molecule has 0 bridgehead atoms. The van der Waals surface area contributed by atoms with Crippen LogP contribution < -0.4 is 0 Å². The van der Waals surface area contributed by atoms with Gasteiger partial charge in [0.2, 0.25) is 5.88 Å². The first-order valence-corrected chi connectivity index (χ1v) is 6.81. The molecule has 0 saturated carbocycles. The monoisotopic (exact) mass is 289 g/mol. The lowest BCUT2D eigenvalue weighted by atomic mass is 10.2. The number of fused-ring (bicyclic) bond motifs is 1. The van der Waals surface area contributed by atoms with Crippen molar-refractivity contribution in [3.8, 4) is 16.5 Å². The molecule has 3 rings (SSSR count). The number of nitrogens with zero attached hydrogens (tertiary/aromatic N) is 3. The van der Waals surface area contributed by atoms with Crippen molar-refractivity contribution in [1.29, 1.82) is 0 Å². The Bertz CT molecular complexity index is 778. The van der Waals surface area contributed by atoms with Crippen LogP contribution in [-0.4, -0.2) is 32.3 Å². The van der Waals surface area contributed by atoms with E-state index >= 15 is 0 Å². The van der Waals surface area contributed by atoms with Crippen molar-refractivity contribution in [3.63, 3.8) is 0 Å². The van der Waals surface area contributed by atoms with Crippen LogP contribution in [0.2, 0.25) is 0 Å². The fraction of sp³-hybridized carbons (Fsp3) is 0.154. The molecule has 0 aliphatic rings. The molecule has 0 fully saturated rings. The first kappa shape index (κ1) is 12.6. The van der Waals surface area contributed by atoms with E-state index < -0.39 is 5.97 Å². The van der Waals surface area contributed by atoms with Gasteiger partial charge in [0.1, 0.15) is 5.01 Å². The molecular weight excluding hydrogens is 278 g/mol. The Kier molecular flexibility index (Phi) is 3.11. The number of aromatic nitrogens is 3. The highest BCUT2D eigenvalue weighted by atomic mass is 32.1. The molecule has 3 aromatic heterocycles. The fourth-order valence-electron chi connectivity index (χ4n) is 1.82. The van der Waals surface area contributed by atoms with Gasteiger partial charge >= 0.3 is 5.97 Å². The molecule has 20 heavy (non-hydrogen) atoms. The number of thiazole rings is 1. The summed E-state index contributed by atoms with van der Waals surface area (Å²) >= 11 is 1.11. The van der Waals surface area contributed by atoms with Gasteiger partial charge in [-0.15, -0.1) is 11.3 Å². The maximum atomic E-state index is 11.7. The molecule has 102 valence electrons. The molecule has 0 aliphatic heterocycles. The lowest BCUT2D eigenvalue weighted by Crippen LogP contribution is -2.02. The summed E-state index contributed by atoms with van der Waals surface area (Å²) in [7, 11) is 0. The molecule has 0 aliphatic carbocycles. The predicted octanol–water partition coefficient (Wildman–Crippen LogP) is 2.34. The van der Waals surface area contributed by atoms with Crippen molar-refractivity contribution in [2.24, 2.45) is 0 Å². The van der Waals surface area contributed by atoms with E-state index in [-0.39, 0.29) is 17.4 Å². The van der Waals surface area contributed by atoms with Crippen LogP contribution in [0.15, 0.2) is 30.6 Å². The molecule has 1 N–H and O–H groups in total. The van der Waals surface area contributed by atoms with Gasteiger partial charge in [0.15, 0.2) is 4.88 Å². The lowest BCUT2D eigenvalue weighted by molar-refractivity contribution is 0.0528. The molecule has 3 heterocycles. The lowest BCUT2D eigenvalue weighted by Gasteiger charge is -1.98. The van der Waals surface area contributed by atoms with Crippen LogP contribution in [0.5, 0.6) is 5.88 Å². The molecule has 0 aromatic carbocycles. The summed E-state index contributed by atoms with van der Waals surface area (Å²) < 4.78 is 6.60. The molecule has 3 aromatic rings. The Morgan fingerprint density at radius 3 is 3.15 bits per heavy atom. The number of esters is 1. The van der Waals surface area contributed by atoms with Gasteiger partial charge in [-0.2, -0.15) is 5.10 Å². The summed E-state index contributed by atoms with van der Waals surface area (Å²) in [6.07, 6.45) is 3.50. The number of hydrogen-bond donors (Lipinski definition) is 1. The Labute approximate surface area is 118 Å². The van der Waals surface area contributed by atoms with Crippen molar-refractivity contribution in [1.82, 2.24) is 14.6 Å². The quantitative estimate of drug-likeness (QED) is 0.749. The van der Waals surface area contributed by atoms with Crippen molar-refractivity contribution < 1.29 is 14.6 Å². The van der Waals surface area contributed by atoms with Crippen molar-refractivity contribution in [2.75, 3.05) is 6.61 Å². The first-order chi connectivity index (χ1) is 9.69. The minimum atomic E-state index is -0.556. The fourth-order valence-corrected chi connectivity index (χ4v) is 2.67. The van der Waals surface area contributed by atoms with Gasteiger partial charge in [0.05, 0.1) is 12.1 Å². The standard InChI is InChI=1S/C13H11N3O3S/c1-2-19-13(18)10-11(17)15-12(20-10)8-4-6-16-9(7-8)3-5-14-16/h3-7,17H,2H2,1H3. The van der Waals surface area contributed by atoms with Crippen LogP contribution >= 0.6 is 11.3 Å². The van der Waals surface area contributed by atoms with Crippen molar-refractivity contribution >= 4 is 22.8 Å². The van der Waals surface area contributed by atoms with Gasteiger partial charge in [-0.25, -0.2) is 14.3 Å². The van der Waals surface area contributed by atoms with E-state index in [1.807, 2.05) is 18.2 Å². The second-order valence-electron chi connectivity index (χ2n) is 4.01. The summed E-state index contributed by atoms with van der Waals surface area (Å²) in [6.45, 7) is 1.97. The van der Waals surface area contributed by atoms with E-state index in [9.17, 15) is 9.90 Å². The van der Waals surface area contributed by atoms with Crippen molar-refractivity contribution in [3.05, 3.63) is 35.5 Å². The maximum Gasteiger partial charge on any atom is 0.353 e. The zero-order chi connectivity index (χ0) is 14.1. The number of ether oxygens (including phenoxy) is 1. The summed E-state index contributed by atoms with van der Waals surface area (Å²) in [5, 5.41) is 14.4. The largest absolute Gasteiger partial charge is 0.492 e.